The van der Waals surface area contributed by atoms with E-state index >= 15 is 0 Å². The molecule has 16 heavy (non-hydrogen) atoms. The lowest BCUT2D eigenvalue weighted by atomic mass is 10.0. The SMILES string of the molecule is O=C(C(=O)N1CCC1C(=O)O)c1cccs1. The Balaban J connectivity index is 2.09. The first-order valence-corrected chi connectivity index (χ1v) is 5.61. The van der Waals surface area contributed by atoms with Gasteiger partial charge in [0.2, 0.25) is 0 Å². The highest BCUT2D eigenvalue weighted by atomic mass is 32.1. The van der Waals surface area contributed by atoms with E-state index in [2.05, 4.69) is 0 Å². The van der Waals surface area contributed by atoms with Gasteiger partial charge in [-0.15, -0.1) is 11.3 Å². The molecule has 0 saturated carbocycles. The van der Waals surface area contributed by atoms with Gasteiger partial charge in [0.1, 0.15) is 6.04 Å². The zero-order chi connectivity index (χ0) is 11.7. The summed E-state index contributed by atoms with van der Waals surface area (Å²) in [6, 6.07) is 2.40. The van der Waals surface area contributed by atoms with E-state index in [1.54, 1.807) is 17.5 Å². The molecule has 6 heteroatoms. The van der Waals surface area contributed by atoms with Crippen molar-refractivity contribution in [3.63, 3.8) is 0 Å². The van der Waals surface area contributed by atoms with Crippen molar-refractivity contribution >= 4 is 29.0 Å². The third kappa shape index (κ3) is 1.71. The predicted octanol–water partition coefficient (Wildman–Crippen LogP) is 0.616. The first-order valence-electron chi connectivity index (χ1n) is 4.73. The van der Waals surface area contributed by atoms with E-state index in [-0.39, 0.29) is 0 Å². The average molecular weight is 239 g/mol. The van der Waals surface area contributed by atoms with Gasteiger partial charge >= 0.3 is 5.97 Å². The van der Waals surface area contributed by atoms with Crippen molar-refractivity contribution in [2.24, 2.45) is 0 Å². The number of carboxylic acid groups (broad SMARTS) is 1. The van der Waals surface area contributed by atoms with Crippen LogP contribution in [0.15, 0.2) is 17.5 Å². The van der Waals surface area contributed by atoms with E-state index in [1.807, 2.05) is 0 Å². The molecule has 2 heterocycles. The number of carbonyl (C=O) groups excluding carboxylic acids is 2. The fraction of sp³-hybridized carbons (Fsp3) is 0.300. The summed E-state index contributed by atoms with van der Waals surface area (Å²) in [7, 11) is 0. The van der Waals surface area contributed by atoms with Crippen LogP contribution in [-0.2, 0) is 9.59 Å². The number of hydrogen-bond donors (Lipinski definition) is 1. The van der Waals surface area contributed by atoms with Gasteiger partial charge in [-0.2, -0.15) is 0 Å². The van der Waals surface area contributed by atoms with Crippen molar-refractivity contribution in [2.45, 2.75) is 12.5 Å². The molecule has 0 spiro atoms. The van der Waals surface area contributed by atoms with Crippen LogP contribution in [0, 0.1) is 0 Å². The molecule has 1 aromatic heterocycles. The van der Waals surface area contributed by atoms with Crippen molar-refractivity contribution in [3.8, 4) is 0 Å². The molecule has 0 aliphatic carbocycles. The van der Waals surface area contributed by atoms with Gasteiger partial charge in [-0.1, -0.05) is 6.07 Å². The molecule has 84 valence electrons. The summed E-state index contributed by atoms with van der Waals surface area (Å²) in [6.45, 7) is 0.340. The summed E-state index contributed by atoms with van der Waals surface area (Å²) in [5, 5.41) is 10.5. The average Bonchev–Trinajstić information content (AvgIpc) is 2.66. The van der Waals surface area contributed by atoms with E-state index in [0.717, 1.165) is 4.90 Å². The van der Waals surface area contributed by atoms with E-state index in [1.165, 1.54) is 11.3 Å². The summed E-state index contributed by atoms with van der Waals surface area (Å²) in [6.07, 6.45) is 0.415. The van der Waals surface area contributed by atoms with Crippen molar-refractivity contribution in [2.75, 3.05) is 6.54 Å². The lowest BCUT2D eigenvalue weighted by Gasteiger charge is -2.37. The number of nitrogens with zero attached hydrogens (tertiary/aromatic N) is 1. The monoisotopic (exact) mass is 239 g/mol. The van der Waals surface area contributed by atoms with Crippen LogP contribution in [0.2, 0.25) is 0 Å². The minimum absolute atomic E-state index is 0.340. The van der Waals surface area contributed by atoms with Crippen molar-refractivity contribution in [1.82, 2.24) is 4.90 Å². The maximum absolute atomic E-state index is 11.7. The Labute approximate surface area is 95.3 Å². The molecule has 1 N–H and O–H groups in total. The van der Waals surface area contributed by atoms with Gasteiger partial charge in [-0.25, -0.2) is 4.79 Å². The number of hydrogen-bond acceptors (Lipinski definition) is 4. The standard InChI is InChI=1S/C10H9NO4S/c12-8(7-2-1-5-16-7)9(13)11-4-3-6(11)10(14)15/h1-2,5-6H,3-4H2,(H,14,15). The first kappa shape index (κ1) is 10.8. The molecule has 1 atom stereocenters. The maximum atomic E-state index is 11.7. The highest BCUT2D eigenvalue weighted by Crippen LogP contribution is 2.20. The Morgan fingerprint density at radius 3 is 2.62 bits per heavy atom. The number of carboxylic acids is 1. The van der Waals surface area contributed by atoms with Crippen LogP contribution in [0.1, 0.15) is 16.1 Å². The number of aliphatic carboxylic acids is 1. The summed E-state index contributed by atoms with van der Waals surface area (Å²) in [4.78, 5) is 35.4. The summed E-state index contributed by atoms with van der Waals surface area (Å²) in [5.74, 6) is -2.40. The third-order valence-electron chi connectivity index (χ3n) is 2.50. The van der Waals surface area contributed by atoms with Gasteiger partial charge in [-0.05, 0) is 17.9 Å². The molecule has 1 aromatic rings. The fourth-order valence-corrected chi connectivity index (χ4v) is 2.19. The highest BCUT2D eigenvalue weighted by molar-refractivity contribution is 7.13. The maximum Gasteiger partial charge on any atom is 0.326 e. The minimum atomic E-state index is -1.06. The van der Waals surface area contributed by atoms with Crippen LogP contribution >= 0.6 is 11.3 Å². The Kier molecular flexibility index (Phi) is 2.74. The van der Waals surface area contributed by atoms with Crippen LogP contribution in [0.4, 0.5) is 0 Å². The Morgan fingerprint density at radius 1 is 1.44 bits per heavy atom. The largest absolute Gasteiger partial charge is 0.480 e. The van der Waals surface area contributed by atoms with Crippen LogP contribution < -0.4 is 0 Å². The van der Waals surface area contributed by atoms with E-state index < -0.39 is 23.7 Å². The normalized spacial score (nSPS) is 19.0. The fourth-order valence-electron chi connectivity index (χ4n) is 1.53. The van der Waals surface area contributed by atoms with Crippen LogP contribution in [0.25, 0.3) is 0 Å². The van der Waals surface area contributed by atoms with Gasteiger partial charge in [0.15, 0.2) is 0 Å². The molecular weight excluding hydrogens is 230 g/mol. The molecule has 1 aliphatic rings. The number of ketones is 1. The van der Waals surface area contributed by atoms with Gasteiger partial charge < -0.3 is 10.0 Å². The number of carbonyl (C=O) groups is 3. The van der Waals surface area contributed by atoms with Crippen LogP contribution in [-0.4, -0.2) is 40.3 Å². The number of likely N-dealkylation sites (tertiary alicyclic amines) is 1. The molecule has 0 radical (unpaired) electrons. The zero-order valence-corrected chi connectivity index (χ0v) is 9.07. The minimum Gasteiger partial charge on any atom is -0.480 e. The molecule has 1 amide bonds. The quantitative estimate of drug-likeness (QED) is 0.619. The van der Waals surface area contributed by atoms with Crippen molar-refractivity contribution in [3.05, 3.63) is 22.4 Å². The molecule has 2 rings (SSSR count). The second kappa shape index (κ2) is 4.05. The van der Waals surface area contributed by atoms with E-state index in [0.29, 0.717) is 17.8 Å². The zero-order valence-electron chi connectivity index (χ0n) is 8.25. The van der Waals surface area contributed by atoms with Crippen LogP contribution in [0.5, 0.6) is 0 Å². The topological polar surface area (TPSA) is 74.7 Å². The Hall–Kier alpha value is -1.69. The van der Waals surface area contributed by atoms with E-state index in [4.69, 9.17) is 5.11 Å². The molecule has 0 aromatic carbocycles. The lowest BCUT2D eigenvalue weighted by molar-refractivity contribution is -0.154. The van der Waals surface area contributed by atoms with Crippen LogP contribution in [0.3, 0.4) is 0 Å². The van der Waals surface area contributed by atoms with Gasteiger partial charge in [0.25, 0.3) is 11.7 Å². The molecule has 1 fully saturated rings. The third-order valence-corrected chi connectivity index (χ3v) is 3.37. The number of amides is 1. The number of thiophene rings is 1. The molecular formula is C10H9NO4S. The Bertz CT molecular complexity index is 440. The Morgan fingerprint density at radius 2 is 2.19 bits per heavy atom. The van der Waals surface area contributed by atoms with Gasteiger partial charge in [0.05, 0.1) is 4.88 Å². The predicted molar refractivity (Wildman–Crippen MR) is 56.4 cm³/mol. The van der Waals surface area contributed by atoms with E-state index in [9.17, 15) is 14.4 Å². The molecule has 1 unspecified atom stereocenters. The summed E-state index contributed by atoms with van der Waals surface area (Å²) >= 11 is 1.18. The second-order valence-electron chi connectivity index (χ2n) is 3.45. The molecule has 1 aliphatic heterocycles. The van der Waals surface area contributed by atoms with Crippen molar-refractivity contribution in [1.29, 1.82) is 0 Å². The second-order valence-corrected chi connectivity index (χ2v) is 4.40. The van der Waals surface area contributed by atoms with Gasteiger partial charge in [0, 0.05) is 6.54 Å². The number of Topliss-reactive ketones (excluding diaryl/α,β-unsaturated/α-hetero) is 1. The molecule has 1 saturated heterocycles. The van der Waals surface area contributed by atoms with Crippen molar-refractivity contribution < 1.29 is 19.5 Å². The smallest absolute Gasteiger partial charge is 0.326 e. The number of rotatable bonds is 3. The summed E-state index contributed by atoms with van der Waals surface area (Å²) in [5.41, 5.74) is 0. The summed E-state index contributed by atoms with van der Waals surface area (Å²) < 4.78 is 0. The molecule has 0 bridgehead atoms. The lowest BCUT2D eigenvalue weighted by Crippen LogP contribution is -2.56. The highest BCUT2D eigenvalue weighted by Gasteiger charge is 2.40. The first-order chi connectivity index (χ1) is 7.61. The van der Waals surface area contributed by atoms with Gasteiger partial charge in [-0.3, -0.25) is 9.59 Å². The molecule has 5 nitrogen and oxygen atoms in total.